The maximum atomic E-state index is 3.63. The van der Waals surface area contributed by atoms with Crippen molar-refractivity contribution in [1.29, 1.82) is 0 Å². The van der Waals surface area contributed by atoms with E-state index in [0.29, 0.717) is 6.04 Å². The Labute approximate surface area is 114 Å². The molecule has 106 valence electrons. The summed E-state index contributed by atoms with van der Waals surface area (Å²) in [5.74, 6) is 2.65. The van der Waals surface area contributed by atoms with Crippen molar-refractivity contribution in [2.75, 3.05) is 13.1 Å². The molecule has 2 fully saturated rings. The molecule has 0 aromatic carbocycles. The van der Waals surface area contributed by atoms with Crippen LogP contribution in [-0.4, -0.2) is 36.1 Å². The van der Waals surface area contributed by atoms with Crippen molar-refractivity contribution in [3.05, 3.63) is 0 Å². The third-order valence-corrected chi connectivity index (χ3v) is 5.23. The number of likely N-dealkylation sites (tertiary alicyclic amines) is 1. The first kappa shape index (κ1) is 14.3. The number of hydrogen-bond acceptors (Lipinski definition) is 2. The van der Waals surface area contributed by atoms with E-state index < -0.39 is 0 Å². The van der Waals surface area contributed by atoms with E-state index in [1.54, 1.807) is 0 Å². The Balaban J connectivity index is 1.89. The van der Waals surface area contributed by atoms with E-state index >= 15 is 0 Å². The van der Waals surface area contributed by atoms with Crippen LogP contribution in [0.3, 0.4) is 0 Å². The van der Waals surface area contributed by atoms with Crippen molar-refractivity contribution in [3.8, 4) is 0 Å². The molecule has 0 spiro atoms. The molecule has 0 aromatic rings. The van der Waals surface area contributed by atoms with Crippen LogP contribution in [0.1, 0.15) is 53.9 Å². The van der Waals surface area contributed by atoms with E-state index in [-0.39, 0.29) is 0 Å². The van der Waals surface area contributed by atoms with Gasteiger partial charge in [0.1, 0.15) is 0 Å². The zero-order valence-corrected chi connectivity index (χ0v) is 12.9. The van der Waals surface area contributed by atoms with Crippen molar-refractivity contribution < 1.29 is 0 Å². The molecule has 2 aliphatic rings. The average Bonchev–Trinajstić information content (AvgIpc) is 2.23. The minimum absolute atomic E-state index is 0.628. The Morgan fingerprint density at radius 1 is 1.17 bits per heavy atom. The van der Waals surface area contributed by atoms with E-state index in [4.69, 9.17) is 0 Å². The molecule has 0 aromatic heterocycles. The largest absolute Gasteiger partial charge is 0.314 e. The summed E-state index contributed by atoms with van der Waals surface area (Å²) in [5.41, 5.74) is 0. The Morgan fingerprint density at radius 2 is 1.89 bits per heavy atom. The molecule has 2 nitrogen and oxygen atoms in total. The fraction of sp³-hybridized carbons (Fsp3) is 1.00. The molecule has 2 rings (SSSR count). The molecule has 18 heavy (non-hydrogen) atoms. The Kier molecular flexibility index (Phi) is 4.71. The Bertz CT molecular complexity index is 264. The molecule has 1 N–H and O–H groups in total. The lowest BCUT2D eigenvalue weighted by molar-refractivity contribution is -0.0240. The summed E-state index contributed by atoms with van der Waals surface area (Å²) in [7, 11) is 0. The second-order valence-corrected chi connectivity index (χ2v) is 7.22. The van der Waals surface area contributed by atoms with Gasteiger partial charge >= 0.3 is 0 Å². The highest BCUT2D eigenvalue weighted by atomic mass is 15.2. The molecule has 1 heterocycles. The van der Waals surface area contributed by atoms with Gasteiger partial charge in [0.05, 0.1) is 0 Å². The molecule has 1 aliphatic carbocycles. The molecule has 1 saturated heterocycles. The van der Waals surface area contributed by atoms with E-state index in [9.17, 15) is 0 Å². The second kappa shape index (κ2) is 5.92. The zero-order chi connectivity index (χ0) is 13.3. The predicted octanol–water partition coefficient (Wildman–Crippen LogP) is 3.13. The van der Waals surface area contributed by atoms with E-state index in [1.807, 2.05) is 0 Å². The van der Waals surface area contributed by atoms with Gasteiger partial charge in [-0.15, -0.1) is 0 Å². The van der Waals surface area contributed by atoms with Gasteiger partial charge in [0.25, 0.3) is 0 Å². The van der Waals surface area contributed by atoms with Crippen LogP contribution in [0.2, 0.25) is 0 Å². The van der Waals surface area contributed by atoms with Crippen LogP contribution in [0.5, 0.6) is 0 Å². The molecule has 5 atom stereocenters. The summed E-state index contributed by atoms with van der Waals surface area (Å²) < 4.78 is 0. The summed E-state index contributed by atoms with van der Waals surface area (Å²) in [6.07, 6.45) is 4.27. The number of rotatable bonds is 4. The smallest absolute Gasteiger partial charge is 0.0139 e. The third-order valence-electron chi connectivity index (χ3n) is 5.23. The first-order chi connectivity index (χ1) is 8.49. The van der Waals surface area contributed by atoms with Crippen LogP contribution in [0.25, 0.3) is 0 Å². The molecular weight excluding hydrogens is 220 g/mol. The maximum absolute atomic E-state index is 3.63. The van der Waals surface area contributed by atoms with Crippen LogP contribution in [0, 0.1) is 17.8 Å². The number of piperidine rings is 1. The highest BCUT2D eigenvalue weighted by Crippen LogP contribution is 2.38. The van der Waals surface area contributed by atoms with Crippen LogP contribution in [0.4, 0.5) is 0 Å². The van der Waals surface area contributed by atoms with Crippen molar-refractivity contribution in [2.24, 2.45) is 17.8 Å². The molecule has 1 saturated carbocycles. The normalized spacial score (nSPS) is 42.0. The van der Waals surface area contributed by atoms with Crippen LogP contribution < -0.4 is 5.32 Å². The maximum Gasteiger partial charge on any atom is 0.0139 e. The molecule has 0 bridgehead atoms. The summed E-state index contributed by atoms with van der Waals surface area (Å²) in [6.45, 7) is 14.4. The number of hydrogen-bond donors (Lipinski definition) is 1. The lowest BCUT2D eigenvalue weighted by Gasteiger charge is -2.52. The Morgan fingerprint density at radius 3 is 2.44 bits per heavy atom. The van der Waals surface area contributed by atoms with Gasteiger partial charge in [-0.1, -0.05) is 27.7 Å². The fourth-order valence-electron chi connectivity index (χ4n) is 3.81. The minimum Gasteiger partial charge on any atom is -0.314 e. The standard InChI is InChI=1S/C16H32N2/c1-11(2)17-9-15-6-7-16(15)18-10-12(3)8-13(4)14(18)5/h11-17H,6-10H2,1-5H3. The topological polar surface area (TPSA) is 15.3 Å². The first-order valence-electron chi connectivity index (χ1n) is 7.98. The van der Waals surface area contributed by atoms with E-state index in [2.05, 4.69) is 44.8 Å². The second-order valence-electron chi connectivity index (χ2n) is 7.22. The quantitative estimate of drug-likeness (QED) is 0.827. The van der Waals surface area contributed by atoms with Crippen molar-refractivity contribution in [2.45, 2.75) is 72.0 Å². The SMILES string of the molecule is CC1CC(C)C(C)N(C2CCC2CNC(C)C)C1. The summed E-state index contributed by atoms with van der Waals surface area (Å²) >= 11 is 0. The highest BCUT2D eigenvalue weighted by molar-refractivity contribution is 4.95. The van der Waals surface area contributed by atoms with Crippen molar-refractivity contribution in [3.63, 3.8) is 0 Å². The van der Waals surface area contributed by atoms with Gasteiger partial charge in [-0.3, -0.25) is 4.90 Å². The number of nitrogens with zero attached hydrogens (tertiary/aromatic N) is 1. The van der Waals surface area contributed by atoms with Gasteiger partial charge in [0.15, 0.2) is 0 Å². The lowest BCUT2D eigenvalue weighted by Crippen LogP contribution is -2.58. The van der Waals surface area contributed by atoms with Gasteiger partial charge < -0.3 is 5.32 Å². The van der Waals surface area contributed by atoms with Gasteiger partial charge in [-0.2, -0.15) is 0 Å². The minimum atomic E-state index is 0.628. The predicted molar refractivity (Wildman–Crippen MR) is 78.8 cm³/mol. The fourth-order valence-corrected chi connectivity index (χ4v) is 3.81. The Hall–Kier alpha value is -0.0800. The number of nitrogens with one attached hydrogen (secondary N) is 1. The summed E-state index contributed by atoms with van der Waals surface area (Å²) in [4.78, 5) is 2.83. The first-order valence-corrected chi connectivity index (χ1v) is 7.98. The summed E-state index contributed by atoms with van der Waals surface area (Å²) in [6, 6.07) is 2.27. The molecule has 1 aliphatic heterocycles. The van der Waals surface area contributed by atoms with Gasteiger partial charge in [-0.05, 0) is 50.5 Å². The summed E-state index contributed by atoms with van der Waals surface area (Å²) in [5, 5.41) is 3.63. The zero-order valence-electron chi connectivity index (χ0n) is 12.9. The van der Waals surface area contributed by atoms with E-state index in [1.165, 1.54) is 32.4 Å². The van der Waals surface area contributed by atoms with Crippen LogP contribution in [-0.2, 0) is 0 Å². The molecule has 0 amide bonds. The highest BCUT2D eigenvalue weighted by Gasteiger charge is 2.40. The average molecular weight is 252 g/mol. The molecular formula is C16H32N2. The van der Waals surface area contributed by atoms with Gasteiger partial charge in [0.2, 0.25) is 0 Å². The van der Waals surface area contributed by atoms with Crippen LogP contribution >= 0.6 is 0 Å². The van der Waals surface area contributed by atoms with E-state index in [0.717, 1.165) is 29.8 Å². The lowest BCUT2D eigenvalue weighted by atomic mass is 9.74. The monoisotopic (exact) mass is 252 g/mol. The molecule has 2 heteroatoms. The van der Waals surface area contributed by atoms with Crippen molar-refractivity contribution >= 4 is 0 Å². The molecule has 0 radical (unpaired) electrons. The van der Waals surface area contributed by atoms with Gasteiger partial charge in [-0.25, -0.2) is 0 Å². The molecule has 5 unspecified atom stereocenters. The van der Waals surface area contributed by atoms with Crippen molar-refractivity contribution in [1.82, 2.24) is 10.2 Å². The van der Waals surface area contributed by atoms with Crippen LogP contribution in [0.15, 0.2) is 0 Å². The third kappa shape index (κ3) is 3.08. The van der Waals surface area contributed by atoms with Gasteiger partial charge in [0, 0.05) is 24.7 Å².